The third kappa shape index (κ3) is 5.81. The number of sulfone groups is 1. The zero-order chi connectivity index (χ0) is 26.9. The van der Waals surface area contributed by atoms with Gasteiger partial charge in [-0.05, 0) is 56.9 Å². The monoisotopic (exact) mass is 532 g/mol. The molecule has 2 atom stereocenters. The van der Waals surface area contributed by atoms with Crippen LogP contribution in [-0.2, 0) is 19.4 Å². The molecule has 2 fully saturated rings. The van der Waals surface area contributed by atoms with Gasteiger partial charge >= 0.3 is 5.51 Å². The number of nitrogens with zero attached hydrogens (tertiary/aromatic N) is 2. The van der Waals surface area contributed by atoms with Crippen molar-refractivity contribution >= 4 is 27.3 Å². The van der Waals surface area contributed by atoms with Crippen molar-refractivity contribution in [2.75, 3.05) is 18.4 Å². The van der Waals surface area contributed by atoms with Gasteiger partial charge in [0.1, 0.15) is 12.2 Å². The van der Waals surface area contributed by atoms with E-state index in [1.165, 1.54) is 4.90 Å². The molecule has 0 radical (unpaired) electrons. The molecule has 0 unspecified atom stereocenters. The van der Waals surface area contributed by atoms with E-state index in [0.29, 0.717) is 25.7 Å². The Morgan fingerprint density at radius 3 is 2.25 bits per heavy atom. The van der Waals surface area contributed by atoms with Crippen molar-refractivity contribution in [3.8, 4) is 6.07 Å². The molecule has 2 amide bonds. The minimum Gasteiger partial charge on any atom is -0.326 e. The summed E-state index contributed by atoms with van der Waals surface area (Å²) in [6.45, 7) is 3.52. The van der Waals surface area contributed by atoms with Crippen LogP contribution < -0.4 is 10.6 Å². The lowest BCUT2D eigenvalue weighted by molar-refractivity contribution is -0.131. The number of benzene rings is 1. The standard InChI is InChI=1S/C23H28F4N4O4S/c1-21(20(33)30-16-3-5-18(6-4-16)36(34,35)23(25,26)27)7-9-22(2,10-8-21)29-13-19(32)31-14-15(24)11-17(31)12-28/h3-6,15,17,29H,7-11,13-14H2,1-2H3,(H,30,33)/t15-,17-,21?,22?/m0/s1. The number of hydrogen-bond acceptors (Lipinski definition) is 6. The molecule has 1 saturated heterocycles. The highest BCUT2D eigenvalue weighted by Crippen LogP contribution is 2.41. The van der Waals surface area contributed by atoms with Crippen molar-refractivity contribution in [2.24, 2.45) is 5.41 Å². The van der Waals surface area contributed by atoms with Crippen molar-refractivity contribution < 1.29 is 35.6 Å². The van der Waals surface area contributed by atoms with E-state index in [1.807, 2.05) is 13.0 Å². The maximum absolute atomic E-state index is 13.6. The maximum Gasteiger partial charge on any atom is 0.501 e. The summed E-state index contributed by atoms with van der Waals surface area (Å²) in [5.74, 6) is -0.708. The molecule has 0 aromatic heterocycles. The maximum atomic E-state index is 13.6. The second kappa shape index (κ2) is 9.97. The molecule has 2 aliphatic rings. The van der Waals surface area contributed by atoms with Gasteiger partial charge in [0.15, 0.2) is 0 Å². The first-order valence-corrected chi connectivity index (χ1v) is 12.9. The average molecular weight is 533 g/mol. The van der Waals surface area contributed by atoms with Gasteiger partial charge in [-0.3, -0.25) is 9.59 Å². The minimum absolute atomic E-state index is 0.00778. The van der Waals surface area contributed by atoms with Crippen LogP contribution in [0.5, 0.6) is 0 Å². The van der Waals surface area contributed by atoms with Crippen LogP contribution in [0.25, 0.3) is 0 Å². The summed E-state index contributed by atoms with van der Waals surface area (Å²) in [4.78, 5) is 25.8. The summed E-state index contributed by atoms with van der Waals surface area (Å²) in [7, 11) is -5.47. The van der Waals surface area contributed by atoms with Gasteiger partial charge in [-0.1, -0.05) is 6.92 Å². The Morgan fingerprint density at radius 2 is 1.72 bits per heavy atom. The number of carbonyl (C=O) groups excluding carboxylic acids is 2. The Hall–Kier alpha value is -2.72. The molecule has 0 bridgehead atoms. The van der Waals surface area contributed by atoms with E-state index in [-0.39, 0.29) is 37.0 Å². The number of nitrogens with one attached hydrogen (secondary N) is 2. The topological polar surface area (TPSA) is 119 Å². The molecular formula is C23H28F4N4O4S. The Balaban J connectivity index is 1.55. The summed E-state index contributed by atoms with van der Waals surface area (Å²) in [6, 6.07) is 4.97. The molecule has 36 heavy (non-hydrogen) atoms. The predicted molar refractivity (Wildman–Crippen MR) is 122 cm³/mol. The molecule has 198 valence electrons. The van der Waals surface area contributed by atoms with Gasteiger partial charge in [0, 0.05) is 23.1 Å². The normalized spacial score (nSPS) is 29.0. The molecule has 1 saturated carbocycles. The lowest BCUT2D eigenvalue weighted by atomic mass is 9.68. The zero-order valence-corrected chi connectivity index (χ0v) is 20.7. The molecule has 0 spiro atoms. The van der Waals surface area contributed by atoms with Crippen LogP contribution in [0.1, 0.15) is 46.0 Å². The number of halogens is 4. The largest absolute Gasteiger partial charge is 0.501 e. The molecule has 3 rings (SSSR count). The number of alkyl halides is 4. The number of likely N-dealkylation sites (tertiary alicyclic amines) is 1. The van der Waals surface area contributed by atoms with Crippen molar-refractivity contribution in [1.82, 2.24) is 10.2 Å². The van der Waals surface area contributed by atoms with Crippen LogP contribution in [0.3, 0.4) is 0 Å². The number of hydrogen-bond donors (Lipinski definition) is 2. The third-order valence-electron chi connectivity index (χ3n) is 7.12. The van der Waals surface area contributed by atoms with Gasteiger partial charge in [-0.25, -0.2) is 12.8 Å². The Morgan fingerprint density at radius 1 is 1.14 bits per heavy atom. The van der Waals surface area contributed by atoms with E-state index in [0.717, 1.165) is 24.3 Å². The Labute approximate surface area is 206 Å². The summed E-state index contributed by atoms with van der Waals surface area (Å²) in [5.41, 5.74) is -6.49. The summed E-state index contributed by atoms with van der Waals surface area (Å²) in [6.07, 6.45) is 0.782. The number of anilines is 1. The second-order valence-corrected chi connectivity index (χ2v) is 11.9. The zero-order valence-electron chi connectivity index (χ0n) is 19.9. The number of amides is 2. The number of rotatable bonds is 6. The van der Waals surface area contributed by atoms with Gasteiger partial charge in [0.05, 0.1) is 24.1 Å². The highest BCUT2D eigenvalue weighted by Gasteiger charge is 2.47. The van der Waals surface area contributed by atoms with Crippen LogP contribution in [0.15, 0.2) is 29.2 Å². The van der Waals surface area contributed by atoms with E-state index in [1.54, 1.807) is 6.92 Å². The van der Waals surface area contributed by atoms with Crippen LogP contribution in [0, 0.1) is 16.7 Å². The van der Waals surface area contributed by atoms with E-state index < -0.39 is 43.4 Å². The van der Waals surface area contributed by atoms with Gasteiger partial charge in [0.2, 0.25) is 11.8 Å². The first-order valence-electron chi connectivity index (χ1n) is 11.4. The van der Waals surface area contributed by atoms with Crippen molar-refractivity contribution in [1.29, 1.82) is 5.26 Å². The van der Waals surface area contributed by atoms with Crippen molar-refractivity contribution in [3.63, 3.8) is 0 Å². The van der Waals surface area contributed by atoms with Crippen molar-refractivity contribution in [2.45, 2.75) is 74.1 Å². The predicted octanol–water partition coefficient (Wildman–Crippen LogP) is 3.31. The molecule has 1 aromatic rings. The molecule has 2 N–H and O–H groups in total. The lowest BCUT2D eigenvalue weighted by Gasteiger charge is -2.43. The van der Waals surface area contributed by atoms with E-state index >= 15 is 0 Å². The van der Waals surface area contributed by atoms with E-state index in [2.05, 4.69) is 10.6 Å². The quantitative estimate of drug-likeness (QED) is 0.543. The highest BCUT2D eigenvalue weighted by molar-refractivity contribution is 7.92. The molecule has 13 heteroatoms. The van der Waals surface area contributed by atoms with Gasteiger partial charge in [-0.2, -0.15) is 18.4 Å². The smallest absolute Gasteiger partial charge is 0.326 e. The first kappa shape index (κ1) is 27.9. The van der Waals surface area contributed by atoms with Crippen LogP contribution in [0.2, 0.25) is 0 Å². The number of carbonyl (C=O) groups is 2. The minimum atomic E-state index is -5.47. The third-order valence-corrected chi connectivity index (χ3v) is 8.62. The van der Waals surface area contributed by atoms with Gasteiger partial charge in [0.25, 0.3) is 9.84 Å². The van der Waals surface area contributed by atoms with Crippen molar-refractivity contribution in [3.05, 3.63) is 24.3 Å². The summed E-state index contributed by atoms with van der Waals surface area (Å²) in [5, 5.41) is 15.0. The SMILES string of the molecule is CC1(NCC(=O)N2C[C@@H](F)C[C@H]2C#N)CCC(C)(C(=O)Nc2ccc(S(=O)(=O)C(F)(F)F)cc2)CC1. The fourth-order valence-electron chi connectivity index (χ4n) is 4.46. The molecule has 1 aliphatic carbocycles. The average Bonchev–Trinajstić information content (AvgIpc) is 3.20. The van der Waals surface area contributed by atoms with Crippen LogP contribution in [0.4, 0.5) is 23.2 Å². The molecular weight excluding hydrogens is 504 g/mol. The Kier molecular flexibility index (Phi) is 7.72. The van der Waals surface area contributed by atoms with E-state index in [9.17, 15) is 35.6 Å². The Bertz CT molecular complexity index is 1140. The first-order chi connectivity index (χ1) is 16.6. The fraction of sp³-hybridized carbons (Fsp3) is 0.609. The lowest BCUT2D eigenvalue weighted by Crippen LogP contribution is -2.53. The highest BCUT2D eigenvalue weighted by atomic mass is 32.2. The molecule has 1 aliphatic heterocycles. The summed E-state index contributed by atoms with van der Waals surface area (Å²) < 4.78 is 74.7. The van der Waals surface area contributed by atoms with E-state index in [4.69, 9.17) is 5.26 Å². The number of nitriles is 1. The van der Waals surface area contributed by atoms with Gasteiger partial charge < -0.3 is 15.5 Å². The van der Waals surface area contributed by atoms with Crippen LogP contribution in [-0.4, -0.2) is 61.5 Å². The molecule has 8 nitrogen and oxygen atoms in total. The molecule has 1 aromatic carbocycles. The molecule has 1 heterocycles. The van der Waals surface area contributed by atoms with Gasteiger partial charge in [-0.15, -0.1) is 0 Å². The summed E-state index contributed by atoms with van der Waals surface area (Å²) >= 11 is 0. The fourth-order valence-corrected chi connectivity index (χ4v) is 5.23. The second-order valence-electron chi connectivity index (χ2n) is 9.93. The van der Waals surface area contributed by atoms with Crippen LogP contribution >= 0.6 is 0 Å².